The summed E-state index contributed by atoms with van der Waals surface area (Å²) in [5.74, 6) is 1.63. The number of benzene rings is 1. The normalized spacial score (nSPS) is 20.8. The fraction of sp³-hybridized carbons (Fsp3) is 0.682. The number of piperazine rings is 2. The smallest absolute Gasteiger partial charge is 0.194 e. The van der Waals surface area contributed by atoms with Crippen LogP contribution in [0.5, 0.6) is 0 Å². The van der Waals surface area contributed by atoms with E-state index in [1.165, 1.54) is 31.9 Å². The minimum absolute atomic E-state index is 0.569. The van der Waals surface area contributed by atoms with Gasteiger partial charge in [0.2, 0.25) is 0 Å². The van der Waals surface area contributed by atoms with Crippen molar-refractivity contribution in [2.45, 2.75) is 13.8 Å². The van der Waals surface area contributed by atoms with E-state index in [1.54, 1.807) is 0 Å². The number of hydrogen-bond acceptors (Lipinski definition) is 4. The first kappa shape index (κ1) is 22.2. The molecule has 0 amide bonds. The summed E-state index contributed by atoms with van der Waals surface area (Å²) in [5, 5.41) is 4.30. The molecule has 0 spiro atoms. The Hall–Kier alpha value is -1.50. The van der Waals surface area contributed by atoms with Crippen LogP contribution in [0.2, 0.25) is 5.02 Å². The second-order valence-electron chi connectivity index (χ2n) is 8.36. The van der Waals surface area contributed by atoms with Crippen LogP contribution in [0.15, 0.2) is 29.3 Å². The summed E-state index contributed by atoms with van der Waals surface area (Å²) in [5.41, 5.74) is 1.21. The molecule has 6 nitrogen and oxygen atoms in total. The first-order valence-corrected chi connectivity index (χ1v) is 11.4. The van der Waals surface area contributed by atoms with Gasteiger partial charge in [0, 0.05) is 82.7 Å². The lowest BCUT2D eigenvalue weighted by molar-refractivity contribution is 0.140. The van der Waals surface area contributed by atoms with Gasteiger partial charge in [-0.3, -0.25) is 4.99 Å². The maximum Gasteiger partial charge on any atom is 0.194 e. The number of halogens is 1. The highest BCUT2D eigenvalue weighted by Gasteiger charge is 2.21. The molecule has 2 aliphatic rings. The van der Waals surface area contributed by atoms with Crippen LogP contribution in [-0.4, -0.2) is 99.7 Å². The van der Waals surface area contributed by atoms with Crippen molar-refractivity contribution in [1.29, 1.82) is 0 Å². The number of likely N-dealkylation sites (N-methyl/N-ethyl adjacent to an activating group) is 1. The van der Waals surface area contributed by atoms with Gasteiger partial charge in [-0.15, -0.1) is 0 Å². The van der Waals surface area contributed by atoms with Crippen molar-refractivity contribution in [1.82, 2.24) is 20.0 Å². The van der Waals surface area contributed by atoms with E-state index >= 15 is 0 Å². The lowest BCUT2D eigenvalue weighted by Gasteiger charge is -2.38. The van der Waals surface area contributed by atoms with Crippen molar-refractivity contribution in [3.63, 3.8) is 0 Å². The molecule has 0 aliphatic carbocycles. The van der Waals surface area contributed by atoms with E-state index in [0.29, 0.717) is 5.92 Å². The average molecular weight is 421 g/mol. The van der Waals surface area contributed by atoms with E-state index in [1.807, 2.05) is 12.1 Å². The first-order valence-electron chi connectivity index (χ1n) is 11.0. The standard InChI is InChI=1S/C22H37ClN6/c1-4-24-22(25-17-19(2)18-27-10-8-26(3)9-11-27)29-14-12-28(13-15-29)21-7-5-6-20(23)16-21/h5-7,16,19H,4,8-15,17-18H2,1-3H3,(H,24,25). The SMILES string of the molecule is CCNC(=NCC(C)CN1CCN(C)CC1)N1CCN(c2cccc(Cl)c2)CC1. The van der Waals surface area contributed by atoms with Crippen molar-refractivity contribution >= 4 is 23.2 Å². The molecule has 2 aliphatic heterocycles. The number of hydrogen-bond donors (Lipinski definition) is 1. The van der Waals surface area contributed by atoms with Crippen LogP contribution < -0.4 is 10.2 Å². The molecule has 1 aromatic rings. The number of anilines is 1. The summed E-state index contributed by atoms with van der Waals surface area (Å²) >= 11 is 6.16. The van der Waals surface area contributed by atoms with Gasteiger partial charge in [0.05, 0.1) is 0 Å². The maximum absolute atomic E-state index is 6.16. The van der Waals surface area contributed by atoms with Crippen molar-refractivity contribution in [3.05, 3.63) is 29.3 Å². The highest BCUT2D eigenvalue weighted by Crippen LogP contribution is 2.20. The molecular weight excluding hydrogens is 384 g/mol. The van der Waals surface area contributed by atoms with Gasteiger partial charge in [0.15, 0.2) is 5.96 Å². The van der Waals surface area contributed by atoms with Crippen molar-refractivity contribution in [2.24, 2.45) is 10.9 Å². The Labute approximate surface area is 181 Å². The van der Waals surface area contributed by atoms with Gasteiger partial charge >= 0.3 is 0 Å². The fourth-order valence-corrected chi connectivity index (χ4v) is 4.23. The number of guanidine groups is 1. The van der Waals surface area contributed by atoms with E-state index in [-0.39, 0.29) is 0 Å². The Balaban J connectivity index is 1.50. The average Bonchev–Trinajstić information content (AvgIpc) is 2.73. The molecule has 1 unspecified atom stereocenters. The van der Waals surface area contributed by atoms with Crippen LogP contribution in [0, 0.1) is 5.92 Å². The zero-order valence-electron chi connectivity index (χ0n) is 18.3. The summed E-state index contributed by atoms with van der Waals surface area (Å²) < 4.78 is 0. The maximum atomic E-state index is 6.16. The molecule has 7 heteroatoms. The molecule has 2 heterocycles. The van der Waals surface area contributed by atoms with Gasteiger partial charge in [-0.25, -0.2) is 0 Å². The van der Waals surface area contributed by atoms with Crippen LogP contribution in [0.4, 0.5) is 5.69 Å². The third kappa shape index (κ3) is 6.76. The summed E-state index contributed by atoms with van der Waals surface area (Å²) in [6.45, 7) is 16.0. The predicted octanol–water partition coefficient (Wildman–Crippen LogP) is 2.31. The predicted molar refractivity (Wildman–Crippen MR) is 124 cm³/mol. The van der Waals surface area contributed by atoms with Gasteiger partial charge in [-0.2, -0.15) is 0 Å². The Kier molecular flexibility index (Phi) is 8.45. The van der Waals surface area contributed by atoms with Gasteiger partial charge in [0.1, 0.15) is 0 Å². The Morgan fingerprint density at radius 1 is 1.10 bits per heavy atom. The van der Waals surface area contributed by atoms with Crippen molar-refractivity contribution in [3.8, 4) is 0 Å². The quantitative estimate of drug-likeness (QED) is 0.564. The summed E-state index contributed by atoms with van der Waals surface area (Å²) in [4.78, 5) is 14.8. The minimum Gasteiger partial charge on any atom is -0.368 e. The van der Waals surface area contributed by atoms with Crippen LogP contribution in [0.3, 0.4) is 0 Å². The molecule has 1 atom stereocenters. The summed E-state index contributed by atoms with van der Waals surface area (Å²) in [7, 11) is 2.21. The molecule has 1 aromatic carbocycles. The van der Waals surface area contributed by atoms with Crippen LogP contribution in [-0.2, 0) is 0 Å². The van der Waals surface area contributed by atoms with E-state index in [9.17, 15) is 0 Å². The lowest BCUT2D eigenvalue weighted by Crippen LogP contribution is -2.52. The Bertz CT molecular complexity index is 650. The third-order valence-corrected chi connectivity index (χ3v) is 6.04. The molecule has 0 aromatic heterocycles. The molecule has 162 valence electrons. The summed E-state index contributed by atoms with van der Waals surface area (Å²) in [6.07, 6.45) is 0. The minimum atomic E-state index is 0.569. The molecule has 3 rings (SSSR count). The molecule has 0 saturated carbocycles. The third-order valence-electron chi connectivity index (χ3n) is 5.81. The molecule has 0 radical (unpaired) electrons. The van der Waals surface area contributed by atoms with Gasteiger partial charge in [-0.1, -0.05) is 24.6 Å². The molecule has 1 N–H and O–H groups in total. The highest BCUT2D eigenvalue weighted by molar-refractivity contribution is 6.30. The van der Waals surface area contributed by atoms with E-state index in [0.717, 1.165) is 56.8 Å². The van der Waals surface area contributed by atoms with Crippen LogP contribution >= 0.6 is 11.6 Å². The van der Waals surface area contributed by atoms with E-state index in [4.69, 9.17) is 16.6 Å². The van der Waals surface area contributed by atoms with Crippen molar-refractivity contribution < 1.29 is 0 Å². The number of nitrogens with zero attached hydrogens (tertiary/aromatic N) is 5. The first-order chi connectivity index (χ1) is 14.0. The van der Waals surface area contributed by atoms with Gasteiger partial charge < -0.3 is 24.9 Å². The largest absolute Gasteiger partial charge is 0.368 e. The van der Waals surface area contributed by atoms with Crippen LogP contribution in [0.25, 0.3) is 0 Å². The zero-order valence-corrected chi connectivity index (χ0v) is 19.0. The number of rotatable bonds is 6. The van der Waals surface area contributed by atoms with E-state index in [2.05, 4.69) is 57.9 Å². The Morgan fingerprint density at radius 2 is 1.83 bits per heavy atom. The second kappa shape index (κ2) is 11.0. The topological polar surface area (TPSA) is 37.4 Å². The second-order valence-corrected chi connectivity index (χ2v) is 8.79. The number of nitrogens with one attached hydrogen (secondary N) is 1. The highest BCUT2D eigenvalue weighted by atomic mass is 35.5. The molecule has 2 fully saturated rings. The zero-order chi connectivity index (χ0) is 20.6. The lowest BCUT2D eigenvalue weighted by atomic mass is 10.1. The fourth-order valence-electron chi connectivity index (χ4n) is 4.05. The molecule has 2 saturated heterocycles. The number of aliphatic imine (C=N–C) groups is 1. The molecular formula is C22H37ClN6. The summed E-state index contributed by atoms with van der Waals surface area (Å²) in [6, 6.07) is 8.15. The van der Waals surface area contributed by atoms with Gasteiger partial charge in [-0.05, 0) is 38.1 Å². The molecule has 0 bridgehead atoms. The Morgan fingerprint density at radius 3 is 2.48 bits per heavy atom. The molecule has 29 heavy (non-hydrogen) atoms. The van der Waals surface area contributed by atoms with Gasteiger partial charge in [0.25, 0.3) is 0 Å². The van der Waals surface area contributed by atoms with Crippen LogP contribution in [0.1, 0.15) is 13.8 Å². The van der Waals surface area contributed by atoms with E-state index < -0.39 is 0 Å². The van der Waals surface area contributed by atoms with Crippen molar-refractivity contribution in [2.75, 3.05) is 83.9 Å². The monoisotopic (exact) mass is 420 g/mol.